The van der Waals surface area contributed by atoms with Crippen molar-refractivity contribution in [3.05, 3.63) is 30.3 Å². The fourth-order valence-electron chi connectivity index (χ4n) is 3.19. The van der Waals surface area contributed by atoms with Crippen LogP contribution in [-0.2, 0) is 10.0 Å². The van der Waals surface area contributed by atoms with Gasteiger partial charge < -0.3 is 15.0 Å². The number of urea groups is 1. The molecule has 1 N–H and O–H groups in total. The largest absolute Gasteiger partial charge is 0.489 e. The molecular formula is C17H25N3O4S. The van der Waals surface area contributed by atoms with Crippen molar-refractivity contribution in [1.29, 1.82) is 0 Å². The van der Waals surface area contributed by atoms with Gasteiger partial charge in [-0.25, -0.2) is 17.5 Å². The Bertz CT molecular complexity index is 674. The van der Waals surface area contributed by atoms with Crippen molar-refractivity contribution >= 4 is 16.1 Å². The van der Waals surface area contributed by atoms with Gasteiger partial charge in [0.05, 0.1) is 12.3 Å². The third kappa shape index (κ3) is 4.85. The van der Waals surface area contributed by atoms with Crippen molar-refractivity contribution in [3.63, 3.8) is 0 Å². The fourth-order valence-corrected chi connectivity index (χ4v) is 4.63. The third-order valence-corrected chi connectivity index (χ3v) is 6.44. The summed E-state index contributed by atoms with van der Waals surface area (Å²) in [6.07, 6.45) is 2.58. The van der Waals surface area contributed by atoms with Gasteiger partial charge in [0.15, 0.2) is 0 Å². The maximum atomic E-state index is 12.2. The number of likely N-dealkylation sites (tertiary alicyclic amines) is 1. The van der Waals surface area contributed by atoms with Crippen LogP contribution < -0.4 is 10.1 Å². The molecule has 2 fully saturated rings. The first kappa shape index (κ1) is 18.0. The van der Waals surface area contributed by atoms with Gasteiger partial charge in [-0.05, 0) is 25.0 Å². The van der Waals surface area contributed by atoms with E-state index in [9.17, 15) is 13.2 Å². The fraction of sp³-hybridized carbons (Fsp3) is 0.588. The molecule has 2 aliphatic heterocycles. The summed E-state index contributed by atoms with van der Waals surface area (Å²) in [5.41, 5.74) is 0. The first-order valence-electron chi connectivity index (χ1n) is 8.77. The minimum Gasteiger partial charge on any atom is -0.489 e. The second-order valence-electron chi connectivity index (χ2n) is 6.44. The summed E-state index contributed by atoms with van der Waals surface area (Å²) in [5.74, 6) is 0.753. The summed E-state index contributed by atoms with van der Waals surface area (Å²) in [4.78, 5) is 13.9. The number of benzene rings is 1. The summed E-state index contributed by atoms with van der Waals surface area (Å²) >= 11 is 0. The van der Waals surface area contributed by atoms with E-state index in [0.717, 1.165) is 25.0 Å². The average Bonchev–Trinajstić information content (AvgIpc) is 3.28. The summed E-state index contributed by atoms with van der Waals surface area (Å²) in [6, 6.07) is 9.32. The number of sulfonamides is 1. The first-order chi connectivity index (χ1) is 12.0. The predicted molar refractivity (Wildman–Crippen MR) is 95.0 cm³/mol. The van der Waals surface area contributed by atoms with Crippen molar-refractivity contribution < 1.29 is 17.9 Å². The van der Waals surface area contributed by atoms with Crippen molar-refractivity contribution in [3.8, 4) is 5.75 Å². The lowest BCUT2D eigenvalue weighted by molar-refractivity contribution is 0.187. The Labute approximate surface area is 149 Å². The van der Waals surface area contributed by atoms with Crippen molar-refractivity contribution in [1.82, 2.24) is 14.5 Å². The molecule has 1 unspecified atom stereocenters. The van der Waals surface area contributed by atoms with Crippen molar-refractivity contribution in [2.45, 2.75) is 25.4 Å². The molecule has 0 radical (unpaired) electrons. The van der Waals surface area contributed by atoms with Crippen LogP contribution >= 0.6 is 0 Å². The van der Waals surface area contributed by atoms with E-state index in [-0.39, 0.29) is 24.4 Å². The van der Waals surface area contributed by atoms with Crippen molar-refractivity contribution in [2.24, 2.45) is 0 Å². The zero-order chi connectivity index (χ0) is 17.7. The molecule has 25 heavy (non-hydrogen) atoms. The molecule has 1 aromatic rings. The lowest BCUT2D eigenvalue weighted by atomic mass is 10.3. The summed E-state index contributed by atoms with van der Waals surface area (Å²) in [6.45, 7) is 2.46. The number of hydrogen-bond donors (Lipinski definition) is 1. The minimum atomic E-state index is -3.26. The molecule has 0 spiro atoms. The normalized spacial score (nSPS) is 21.4. The number of carbonyl (C=O) groups is 1. The number of nitrogens with one attached hydrogen (secondary N) is 1. The Morgan fingerprint density at radius 3 is 2.60 bits per heavy atom. The number of amides is 2. The maximum absolute atomic E-state index is 12.2. The highest BCUT2D eigenvalue weighted by molar-refractivity contribution is 7.89. The van der Waals surface area contributed by atoms with E-state index in [0.29, 0.717) is 26.2 Å². The quantitative estimate of drug-likeness (QED) is 0.821. The zero-order valence-electron chi connectivity index (χ0n) is 14.3. The van der Waals surface area contributed by atoms with Crippen molar-refractivity contribution in [2.75, 3.05) is 38.5 Å². The van der Waals surface area contributed by atoms with Crippen LogP contribution in [0.5, 0.6) is 5.75 Å². The van der Waals surface area contributed by atoms with Gasteiger partial charge >= 0.3 is 6.03 Å². The van der Waals surface area contributed by atoms with E-state index in [1.807, 2.05) is 30.3 Å². The lowest BCUT2D eigenvalue weighted by Crippen LogP contribution is -2.42. The van der Waals surface area contributed by atoms with E-state index >= 15 is 0 Å². The topological polar surface area (TPSA) is 79.0 Å². The standard InChI is InChI=1S/C17H25N3O4S/c21-17(18-9-13-25(22,23)20-10-4-5-11-20)19-12-8-16(14-19)24-15-6-2-1-3-7-15/h1-3,6-7,16H,4-5,8-14H2,(H,18,21). The molecule has 2 saturated heterocycles. The molecule has 0 bridgehead atoms. The third-order valence-electron chi connectivity index (χ3n) is 4.57. The lowest BCUT2D eigenvalue weighted by Gasteiger charge is -2.19. The van der Waals surface area contributed by atoms with Crippen LogP contribution in [0.1, 0.15) is 19.3 Å². The summed E-state index contributed by atoms with van der Waals surface area (Å²) in [5, 5.41) is 2.71. The maximum Gasteiger partial charge on any atom is 0.317 e. The number of carbonyl (C=O) groups excluding carboxylic acids is 1. The molecule has 1 atom stereocenters. The number of rotatable bonds is 6. The highest BCUT2D eigenvalue weighted by atomic mass is 32.2. The highest BCUT2D eigenvalue weighted by Gasteiger charge is 2.28. The molecule has 8 heteroatoms. The highest BCUT2D eigenvalue weighted by Crippen LogP contribution is 2.18. The Morgan fingerprint density at radius 2 is 1.88 bits per heavy atom. The number of nitrogens with zero attached hydrogens (tertiary/aromatic N) is 2. The van der Waals surface area contributed by atoms with Gasteiger partial charge in [0, 0.05) is 32.6 Å². The van der Waals surface area contributed by atoms with Gasteiger partial charge in [0.2, 0.25) is 10.0 Å². The molecule has 0 saturated carbocycles. The van der Waals surface area contributed by atoms with Gasteiger partial charge in [-0.15, -0.1) is 0 Å². The minimum absolute atomic E-state index is 0.0264. The van der Waals surface area contributed by atoms with Gasteiger partial charge in [-0.2, -0.15) is 0 Å². The first-order valence-corrected chi connectivity index (χ1v) is 10.4. The molecule has 138 valence electrons. The Balaban J connectivity index is 1.40. The number of para-hydroxylation sites is 1. The van der Waals surface area contributed by atoms with Crippen LogP contribution in [0.4, 0.5) is 4.79 Å². The summed E-state index contributed by atoms with van der Waals surface area (Å²) in [7, 11) is -3.26. The molecule has 0 aliphatic carbocycles. The molecule has 3 rings (SSSR count). The van der Waals surface area contributed by atoms with Gasteiger partial charge in [-0.3, -0.25) is 0 Å². The second kappa shape index (κ2) is 8.05. The van der Waals surface area contributed by atoms with E-state index in [2.05, 4.69) is 5.32 Å². The Hall–Kier alpha value is -1.80. The number of hydrogen-bond acceptors (Lipinski definition) is 4. The van der Waals surface area contributed by atoms with Crippen LogP contribution in [0.3, 0.4) is 0 Å². The number of ether oxygens (including phenoxy) is 1. The molecule has 2 amide bonds. The average molecular weight is 367 g/mol. The van der Waals surface area contributed by atoms with Crippen LogP contribution in [0.15, 0.2) is 30.3 Å². The smallest absolute Gasteiger partial charge is 0.317 e. The monoisotopic (exact) mass is 367 g/mol. The molecule has 1 aromatic carbocycles. The van der Waals surface area contributed by atoms with Gasteiger partial charge in [-0.1, -0.05) is 18.2 Å². The van der Waals surface area contributed by atoms with Crippen LogP contribution in [-0.4, -0.2) is 68.2 Å². The predicted octanol–water partition coefficient (Wildman–Crippen LogP) is 1.27. The second-order valence-corrected chi connectivity index (χ2v) is 8.53. The molecular weight excluding hydrogens is 342 g/mol. The Kier molecular flexibility index (Phi) is 5.80. The molecule has 2 aliphatic rings. The van der Waals surface area contributed by atoms with E-state index in [1.165, 1.54) is 4.31 Å². The molecule has 0 aromatic heterocycles. The van der Waals surface area contributed by atoms with Crippen LogP contribution in [0, 0.1) is 0 Å². The molecule has 2 heterocycles. The van der Waals surface area contributed by atoms with Crippen LogP contribution in [0.2, 0.25) is 0 Å². The van der Waals surface area contributed by atoms with Gasteiger partial charge in [0.1, 0.15) is 11.9 Å². The SMILES string of the molecule is O=C(NCCS(=O)(=O)N1CCCC1)N1CCC(Oc2ccccc2)C1. The van der Waals surface area contributed by atoms with E-state index in [1.54, 1.807) is 4.90 Å². The Morgan fingerprint density at radius 1 is 1.16 bits per heavy atom. The summed E-state index contributed by atoms with van der Waals surface area (Å²) < 4.78 is 31.6. The van der Waals surface area contributed by atoms with E-state index < -0.39 is 10.0 Å². The molecule has 7 nitrogen and oxygen atoms in total. The zero-order valence-corrected chi connectivity index (χ0v) is 15.1. The van der Waals surface area contributed by atoms with Gasteiger partial charge in [0.25, 0.3) is 0 Å². The van der Waals surface area contributed by atoms with Crippen LogP contribution in [0.25, 0.3) is 0 Å². The van der Waals surface area contributed by atoms with E-state index in [4.69, 9.17) is 4.74 Å².